The van der Waals surface area contributed by atoms with Crippen molar-refractivity contribution >= 4 is 11.6 Å². The monoisotopic (exact) mass is 297 g/mol. The van der Waals surface area contributed by atoms with Crippen LogP contribution in [0.3, 0.4) is 0 Å². The SMILES string of the molecule is COc1ccc(Cl)cc1C1(CNC(C)C)CCOCC1. The van der Waals surface area contributed by atoms with Crippen LogP contribution in [0, 0.1) is 0 Å². The molecule has 1 aromatic rings. The Morgan fingerprint density at radius 3 is 2.65 bits per heavy atom. The smallest absolute Gasteiger partial charge is 0.122 e. The maximum atomic E-state index is 6.21. The molecule has 1 aromatic carbocycles. The van der Waals surface area contributed by atoms with Gasteiger partial charge in [-0.2, -0.15) is 0 Å². The molecule has 3 nitrogen and oxygen atoms in total. The summed E-state index contributed by atoms with van der Waals surface area (Å²) in [6.45, 7) is 6.83. The first kappa shape index (κ1) is 15.6. The Morgan fingerprint density at radius 2 is 2.05 bits per heavy atom. The Morgan fingerprint density at radius 1 is 1.35 bits per heavy atom. The third-order valence-corrected chi connectivity index (χ3v) is 4.27. The normalized spacial score (nSPS) is 18.2. The molecule has 0 unspecified atom stereocenters. The van der Waals surface area contributed by atoms with Crippen LogP contribution in [-0.4, -0.2) is 32.9 Å². The summed E-state index contributed by atoms with van der Waals surface area (Å²) in [6, 6.07) is 6.35. The summed E-state index contributed by atoms with van der Waals surface area (Å²) >= 11 is 6.21. The van der Waals surface area contributed by atoms with E-state index in [1.807, 2.05) is 18.2 Å². The summed E-state index contributed by atoms with van der Waals surface area (Å²) in [7, 11) is 1.72. The van der Waals surface area contributed by atoms with Crippen molar-refractivity contribution in [2.45, 2.75) is 38.1 Å². The van der Waals surface area contributed by atoms with Crippen LogP contribution in [0.2, 0.25) is 5.02 Å². The Balaban J connectivity index is 2.37. The van der Waals surface area contributed by atoms with Gasteiger partial charge in [-0.1, -0.05) is 25.4 Å². The van der Waals surface area contributed by atoms with Gasteiger partial charge in [-0.25, -0.2) is 0 Å². The van der Waals surface area contributed by atoms with Crippen LogP contribution in [0.4, 0.5) is 0 Å². The summed E-state index contributed by atoms with van der Waals surface area (Å²) in [6.07, 6.45) is 1.98. The highest BCUT2D eigenvalue weighted by molar-refractivity contribution is 6.30. The van der Waals surface area contributed by atoms with Gasteiger partial charge >= 0.3 is 0 Å². The van der Waals surface area contributed by atoms with Gasteiger partial charge in [-0.05, 0) is 31.0 Å². The molecular formula is C16H24ClNO2. The molecule has 1 aliphatic heterocycles. The minimum absolute atomic E-state index is 0.0404. The lowest BCUT2D eigenvalue weighted by Crippen LogP contribution is -2.44. The number of rotatable bonds is 5. The summed E-state index contributed by atoms with van der Waals surface area (Å²) < 4.78 is 11.1. The summed E-state index contributed by atoms with van der Waals surface area (Å²) in [5.74, 6) is 0.918. The van der Waals surface area contributed by atoms with Gasteiger partial charge in [0.15, 0.2) is 0 Å². The fraction of sp³-hybridized carbons (Fsp3) is 0.625. The fourth-order valence-electron chi connectivity index (χ4n) is 2.80. The van der Waals surface area contributed by atoms with Gasteiger partial charge in [0.1, 0.15) is 5.75 Å². The molecule has 0 bridgehead atoms. The summed E-state index contributed by atoms with van der Waals surface area (Å²) in [5, 5.41) is 4.33. The van der Waals surface area contributed by atoms with Crippen molar-refractivity contribution in [3.8, 4) is 5.75 Å². The maximum Gasteiger partial charge on any atom is 0.122 e. The lowest BCUT2D eigenvalue weighted by Gasteiger charge is -2.39. The number of hydrogen-bond acceptors (Lipinski definition) is 3. The van der Waals surface area contributed by atoms with Gasteiger partial charge in [0.25, 0.3) is 0 Å². The molecule has 1 N–H and O–H groups in total. The first-order chi connectivity index (χ1) is 9.57. The third-order valence-electron chi connectivity index (χ3n) is 4.03. The Labute approximate surface area is 126 Å². The fourth-order valence-corrected chi connectivity index (χ4v) is 2.97. The lowest BCUT2D eigenvalue weighted by molar-refractivity contribution is 0.0484. The van der Waals surface area contributed by atoms with Crippen LogP contribution in [0.1, 0.15) is 32.3 Å². The minimum atomic E-state index is 0.0404. The van der Waals surface area contributed by atoms with Crippen LogP contribution in [-0.2, 0) is 10.2 Å². The molecule has 1 fully saturated rings. The first-order valence-corrected chi connectivity index (χ1v) is 7.60. The molecule has 2 rings (SSSR count). The molecule has 0 saturated carbocycles. The average molecular weight is 298 g/mol. The number of benzene rings is 1. The maximum absolute atomic E-state index is 6.21. The van der Waals surface area contributed by atoms with Gasteiger partial charge < -0.3 is 14.8 Å². The van der Waals surface area contributed by atoms with Crippen molar-refractivity contribution in [2.75, 3.05) is 26.9 Å². The van der Waals surface area contributed by atoms with E-state index in [1.54, 1.807) is 7.11 Å². The molecule has 20 heavy (non-hydrogen) atoms. The zero-order valence-electron chi connectivity index (χ0n) is 12.5. The van der Waals surface area contributed by atoms with Gasteiger partial charge in [-0.15, -0.1) is 0 Å². The van der Waals surface area contributed by atoms with E-state index in [-0.39, 0.29) is 5.41 Å². The second-order valence-electron chi connectivity index (χ2n) is 5.77. The van der Waals surface area contributed by atoms with E-state index >= 15 is 0 Å². The van der Waals surface area contributed by atoms with Crippen molar-refractivity contribution < 1.29 is 9.47 Å². The number of ether oxygens (including phenoxy) is 2. The molecule has 0 atom stereocenters. The lowest BCUT2D eigenvalue weighted by atomic mass is 9.73. The molecule has 0 spiro atoms. The van der Waals surface area contributed by atoms with Crippen molar-refractivity contribution in [3.05, 3.63) is 28.8 Å². The Hall–Kier alpha value is -0.770. The Bertz CT molecular complexity index is 442. The van der Waals surface area contributed by atoms with Crippen molar-refractivity contribution in [2.24, 2.45) is 0 Å². The zero-order chi connectivity index (χ0) is 14.6. The van der Waals surface area contributed by atoms with Gasteiger partial charge in [0.05, 0.1) is 7.11 Å². The number of nitrogens with one attached hydrogen (secondary N) is 1. The predicted molar refractivity (Wildman–Crippen MR) is 82.9 cm³/mol. The van der Waals surface area contributed by atoms with E-state index < -0.39 is 0 Å². The van der Waals surface area contributed by atoms with Crippen LogP contribution < -0.4 is 10.1 Å². The second-order valence-corrected chi connectivity index (χ2v) is 6.21. The molecule has 4 heteroatoms. The summed E-state index contributed by atoms with van der Waals surface area (Å²) in [5.41, 5.74) is 1.24. The quantitative estimate of drug-likeness (QED) is 0.903. The van der Waals surface area contributed by atoms with Crippen LogP contribution in [0.15, 0.2) is 18.2 Å². The van der Waals surface area contributed by atoms with Gasteiger partial charge in [-0.3, -0.25) is 0 Å². The summed E-state index contributed by atoms with van der Waals surface area (Å²) in [4.78, 5) is 0. The predicted octanol–water partition coefficient (Wildman–Crippen LogP) is 3.39. The van der Waals surface area contributed by atoms with E-state index in [0.717, 1.165) is 43.4 Å². The van der Waals surface area contributed by atoms with E-state index in [1.165, 1.54) is 5.56 Å². The molecule has 1 aliphatic rings. The van der Waals surface area contributed by atoms with Gasteiger partial charge in [0.2, 0.25) is 0 Å². The molecule has 1 heterocycles. The largest absolute Gasteiger partial charge is 0.496 e. The molecule has 0 aromatic heterocycles. The minimum Gasteiger partial charge on any atom is -0.496 e. The van der Waals surface area contributed by atoms with Crippen molar-refractivity contribution in [3.63, 3.8) is 0 Å². The highest BCUT2D eigenvalue weighted by Crippen LogP contribution is 2.40. The standard InChI is InChI=1S/C16H24ClNO2/c1-12(2)18-11-16(6-8-20-9-7-16)14-10-13(17)4-5-15(14)19-3/h4-5,10,12,18H,6-9,11H2,1-3H3. The average Bonchev–Trinajstić information content (AvgIpc) is 2.46. The zero-order valence-corrected chi connectivity index (χ0v) is 13.3. The van der Waals surface area contributed by atoms with Crippen LogP contribution >= 0.6 is 11.6 Å². The Kier molecular flexibility index (Phi) is 5.30. The third kappa shape index (κ3) is 3.46. The van der Waals surface area contributed by atoms with E-state index in [9.17, 15) is 0 Å². The molecular weight excluding hydrogens is 274 g/mol. The highest BCUT2D eigenvalue weighted by Gasteiger charge is 2.36. The van der Waals surface area contributed by atoms with Crippen LogP contribution in [0.25, 0.3) is 0 Å². The second kappa shape index (κ2) is 6.79. The molecule has 0 aliphatic carbocycles. The van der Waals surface area contributed by atoms with E-state index in [2.05, 4.69) is 19.2 Å². The molecule has 0 radical (unpaired) electrons. The topological polar surface area (TPSA) is 30.5 Å². The first-order valence-electron chi connectivity index (χ1n) is 7.22. The highest BCUT2D eigenvalue weighted by atomic mass is 35.5. The van der Waals surface area contributed by atoms with E-state index in [4.69, 9.17) is 21.1 Å². The number of hydrogen-bond donors (Lipinski definition) is 1. The molecule has 112 valence electrons. The molecule has 0 amide bonds. The van der Waals surface area contributed by atoms with Gasteiger partial charge in [0, 0.05) is 41.8 Å². The van der Waals surface area contributed by atoms with Crippen molar-refractivity contribution in [1.29, 1.82) is 0 Å². The number of halogens is 1. The van der Waals surface area contributed by atoms with Crippen molar-refractivity contribution in [1.82, 2.24) is 5.32 Å². The number of methoxy groups -OCH3 is 1. The van der Waals surface area contributed by atoms with E-state index in [0.29, 0.717) is 6.04 Å². The molecule has 1 saturated heterocycles. The van der Waals surface area contributed by atoms with Crippen LogP contribution in [0.5, 0.6) is 5.75 Å².